The van der Waals surface area contributed by atoms with Crippen molar-refractivity contribution in [2.45, 2.75) is 11.8 Å². The molecule has 0 unspecified atom stereocenters. The van der Waals surface area contributed by atoms with Gasteiger partial charge in [0, 0.05) is 4.90 Å². The van der Waals surface area contributed by atoms with E-state index in [1.807, 2.05) is 56.9 Å². The molecule has 0 bridgehead atoms. The summed E-state index contributed by atoms with van der Waals surface area (Å²) < 4.78 is 11.9. The monoisotopic (exact) mass is 203 g/mol. The minimum Gasteiger partial charge on any atom is -0.254 e. The molecule has 1 aromatic carbocycles. The van der Waals surface area contributed by atoms with Gasteiger partial charge < -0.3 is 0 Å². The van der Waals surface area contributed by atoms with Crippen molar-refractivity contribution in [2.24, 2.45) is 0 Å². The number of benzene rings is 1. The minimum atomic E-state index is -1.02. The fourth-order valence-corrected chi connectivity index (χ4v) is 2.34. The lowest BCUT2D eigenvalue weighted by Gasteiger charge is -2.07. The van der Waals surface area contributed by atoms with E-state index in [4.69, 9.17) is 0 Å². The van der Waals surface area contributed by atoms with Crippen LogP contribution in [-0.2, 0) is 10.8 Å². The zero-order chi connectivity index (χ0) is 9.97. The van der Waals surface area contributed by atoms with E-state index in [2.05, 4.69) is 0 Å². The van der Waals surface area contributed by atoms with E-state index in [1.165, 1.54) is 5.56 Å². The van der Waals surface area contributed by atoms with Gasteiger partial charge in [-0.15, -0.1) is 0 Å². The number of aryl methyl sites for hydroxylation is 1. The molecule has 1 aromatic rings. The van der Waals surface area contributed by atoms with E-state index in [-0.39, 0.29) is 0 Å². The Labute approximate surface area is 88.0 Å². The third-order valence-corrected chi connectivity index (χ3v) is 3.48. The Morgan fingerprint density at radius 1 is 1.00 bits per heavy atom. The van der Waals surface area contributed by atoms with Crippen LogP contribution in [0.3, 0.4) is 0 Å². The maximum absolute atomic E-state index is 11.9. The third kappa shape index (κ3) is 2.06. The first-order valence-electron chi connectivity index (χ1n) is 4.47. The third-order valence-electron chi connectivity index (χ3n) is 2.08. The lowest BCUT2D eigenvalue weighted by Crippen LogP contribution is -2.02. The molecule has 2 heteroatoms. The highest BCUT2D eigenvalue weighted by Crippen LogP contribution is 2.30. The summed E-state index contributed by atoms with van der Waals surface area (Å²) in [6, 6.07) is 7.79. The Morgan fingerprint density at radius 3 is 2.14 bits per heavy atom. The van der Waals surface area contributed by atoms with Crippen LogP contribution in [-0.4, -0.2) is 4.21 Å². The van der Waals surface area contributed by atoms with Crippen LogP contribution in [0.2, 0.25) is 0 Å². The summed E-state index contributed by atoms with van der Waals surface area (Å²) in [7, 11) is -1.02. The van der Waals surface area contributed by atoms with Crippen LogP contribution in [0.25, 0.3) is 0 Å². The summed E-state index contributed by atoms with van der Waals surface area (Å²) >= 11 is 0. The van der Waals surface area contributed by atoms with Crippen LogP contribution < -0.4 is 0 Å². The van der Waals surface area contributed by atoms with E-state index in [0.29, 0.717) is 0 Å². The van der Waals surface area contributed by atoms with Gasteiger partial charge >= 0.3 is 0 Å². The summed E-state index contributed by atoms with van der Waals surface area (Å²) in [5.41, 5.74) is 1.19. The molecule has 14 heavy (non-hydrogen) atoms. The van der Waals surface area contributed by atoms with E-state index >= 15 is 0 Å². The van der Waals surface area contributed by atoms with Crippen LogP contribution in [0.4, 0.5) is 0 Å². The predicted octanol–water partition coefficient (Wildman–Crippen LogP) is 2.47. The maximum Gasteiger partial charge on any atom is 0.0754 e. The average molecular weight is 203 g/mol. The van der Waals surface area contributed by atoms with E-state index in [1.54, 1.807) is 0 Å². The molecule has 1 atom stereocenters. The standard InChI is InChI=1S/C12H11OS/c1-10-6-8-12(9-7-10)14(13)11-4-2-3-5-11/h2-9H,1H3/t14-/m1/s1. The number of rotatable bonds is 2. The average Bonchev–Trinajstić information content (AvgIpc) is 2.71. The highest BCUT2D eigenvalue weighted by Gasteiger charge is 2.24. The highest BCUT2D eigenvalue weighted by atomic mass is 32.2. The lowest BCUT2D eigenvalue weighted by atomic mass is 10.2. The Balaban J connectivity index is 2.14. The SMILES string of the molecule is Cc1ccc([S@](=O)[C]2[CH][CH][CH][CH]2)cc1. The molecular formula is C12H11OS. The number of hydrogen-bond donors (Lipinski definition) is 0. The molecular weight excluding hydrogens is 192 g/mol. The van der Waals surface area contributed by atoms with Crippen molar-refractivity contribution in [1.82, 2.24) is 0 Å². The minimum absolute atomic E-state index is 0.863. The van der Waals surface area contributed by atoms with Crippen LogP contribution in [0.1, 0.15) is 5.56 Å². The second kappa shape index (κ2) is 4.26. The molecule has 0 spiro atoms. The van der Waals surface area contributed by atoms with E-state index in [9.17, 15) is 4.21 Å². The molecule has 71 valence electrons. The summed E-state index contributed by atoms with van der Waals surface area (Å²) in [4.78, 5) is 0.863. The smallest absolute Gasteiger partial charge is 0.0754 e. The first-order valence-corrected chi connectivity index (χ1v) is 5.62. The van der Waals surface area contributed by atoms with Gasteiger partial charge in [-0.1, -0.05) is 17.7 Å². The van der Waals surface area contributed by atoms with Crippen molar-refractivity contribution >= 4 is 10.8 Å². The van der Waals surface area contributed by atoms with Crippen LogP contribution in [0, 0.1) is 37.9 Å². The molecule has 1 fully saturated rings. The van der Waals surface area contributed by atoms with Crippen molar-refractivity contribution < 1.29 is 4.21 Å². The zero-order valence-electron chi connectivity index (χ0n) is 7.94. The zero-order valence-corrected chi connectivity index (χ0v) is 8.75. The largest absolute Gasteiger partial charge is 0.254 e. The Morgan fingerprint density at radius 2 is 1.57 bits per heavy atom. The van der Waals surface area contributed by atoms with Gasteiger partial charge in [0.25, 0.3) is 0 Å². The van der Waals surface area contributed by atoms with Gasteiger partial charge in [-0.05, 0) is 44.7 Å². The normalized spacial score (nSPS) is 19.8. The fourth-order valence-electron chi connectivity index (χ4n) is 1.28. The van der Waals surface area contributed by atoms with Gasteiger partial charge in [0.1, 0.15) is 0 Å². The van der Waals surface area contributed by atoms with Crippen molar-refractivity contribution in [3.8, 4) is 0 Å². The molecule has 1 aliphatic carbocycles. The summed E-state index contributed by atoms with van der Waals surface area (Å²) in [5.74, 6) is 0. The van der Waals surface area contributed by atoms with Crippen LogP contribution in [0.15, 0.2) is 29.2 Å². The molecule has 0 saturated heterocycles. The molecule has 1 nitrogen and oxygen atoms in total. The molecule has 0 heterocycles. The van der Waals surface area contributed by atoms with Gasteiger partial charge in [-0.25, -0.2) is 0 Å². The molecule has 0 amide bonds. The Hall–Kier alpha value is -0.630. The highest BCUT2D eigenvalue weighted by molar-refractivity contribution is 7.88. The molecule has 0 aromatic heterocycles. The molecule has 0 aliphatic heterocycles. The first kappa shape index (κ1) is 9.91. The van der Waals surface area contributed by atoms with Gasteiger partial charge in [0.05, 0.1) is 16.0 Å². The Kier molecular flexibility index (Phi) is 3.02. The first-order chi connectivity index (χ1) is 6.77. The quantitative estimate of drug-likeness (QED) is 0.721. The van der Waals surface area contributed by atoms with Gasteiger partial charge in [0.2, 0.25) is 0 Å². The molecule has 0 N–H and O–H groups in total. The molecule has 1 aliphatic rings. The van der Waals surface area contributed by atoms with Gasteiger partial charge in [0.15, 0.2) is 0 Å². The van der Waals surface area contributed by atoms with Crippen molar-refractivity contribution in [2.75, 3.05) is 0 Å². The summed E-state index contributed by atoms with van der Waals surface area (Å²) in [6.07, 6.45) is 7.58. The van der Waals surface area contributed by atoms with Gasteiger partial charge in [-0.3, -0.25) is 4.21 Å². The molecule has 5 radical (unpaired) electrons. The van der Waals surface area contributed by atoms with Gasteiger partial charge in [-0.2, -0.15) is 0 Å². The van der Waals surface area contributed by atoms with Crippen LogP contribution in [0.5, 0.6) is 0 Å². The van der Waals surface area contributed by atoms with E-state index < -0.39 is 10.8 Å². The molecule has 1 saturated carbocycles. The maximum atomic E-state index is 11.9. The van der Waals surface area contributed by atoms with Crippen molar-refractivity contribution in [3.63, 3.8) is 0 Å². The van der Waals surface area contributed by atoms with Crippen LogP contribution >= 0.6 is 0 Å². The fraction of sp³-hybridized carbons (Fsp3) is 0.0833. The second-order valence-corrected chi connectivity index (χ2v) is 4.68. The number of hydrogen-bond acceptors (Lipinski definition) is 1. The van der Waals surface area contributed by atoms with E-state index in [0.717, 1.165) is 10.1 Å². The van der Waals surface area contributed by atoms with Crippen molar-refractivity contribution in [1.29, 1.82) is 0 Å². The summed E-state index contributed by atoms with van der Waals surface area (Å²) in [5, 5.41) is 0.869. The topological polar surface area (TPSA) is 17.1 Å². The second-order valence-electron chi connectivity index (χ2n) is 3.20. The predicted molar refractivity (Wildman–Crippen MR) is 58.0 cm³/mol. The lowest BCUT2D eigenvalue weighted by molar-refractivity contribution is 0.685. The Bertz CT molecular complexity index is 323. The summed E-state index contributed by atoms with van der Waals surface area (Å²) in [6.45, 7) is 2.02. The molecule has 2 rings (SSSR count). The van der Waals surface area contributed by atoms with Crippen molar-refractivity contribution in [3.05, 3.63) is 60.8 Å².